The molecule has 11 heteroatoms. The Morgan fingerprint density at radius 1 is 1.00 bits per heavy atom. The van der Waals surface area contributed by atoms with E-state index in [4.69, 9.17) is 24.7 Å². The second-order valence-corrected chi connectivity index (χ2v) is 8.79. The van der Waals surface area contributed by atoms with E-state index in [1.54, 1.807) is 41.5 Å². The minimum absolute atomic E-state index is 0.0665. The average Bonchev–Trinajstić information content (AvgIpc) is 3.03. The summed E-state index contributed by atoms with van der Waals surface area (Å²) in [6, 6.07) is 0. The molecule has 1 saturated heterocycles. The van der Waals surface area contributed by atoms with E-state index in [-0.39, 0.29) is 18.8 Å². The number of amides is 3. The molecule has 3 amide bonds. The Morgan fingerprint density at radius 2 is 1.47 bits per heavy atom. The molecule has 1 aliphatic heterocycles. The van der Waals surface area contributed by atoms with Crippen molar-refractivity contribution in [1.82, 2.24) is 10.6 Å². The summed E-state index contributed by atoms with van der Waals surface area (Å²) in [4.78, 5) is 40.1. The van der Waals surface area contributed by atoms with Crippen LogP contribution in [0.1, 0.15) is 54.4 Å². The van der Waals surface area contributed by atoms with Gasteiger partial charge in [0.1, 0.15) is 11.2 Å². The van der Waals surface area contributed by atoms with Crippen LogP contribution in [0.5, 0.6) is 0 Å². The van der Waals surface area contributed by atoms with Crippen molar-refractivity contribution in [3.8, 4) is 0 Å². The molecule has 0 spiro atoms. The molecular weight excluding hydrogens is 396 g/mol. The van der Waals surface area contributed by atoms with Crippen LogP contribution in [0.2, 0.25) is 0 Å². The highest BCUT2D eigenvalue weighted by Crippen LogP contribution is 2.15. The number of primary amides is 1. The molecule has 1 fully saturated rings. The zero-order valence-electron chi connectivity index (χ0n) is 18.6. The van der Waals surface area contributed by atoms with Crippen molar-refractivity contribution in [1.29, 1.82) is 0 Å². The Labute approximate surface area is 177 Å². The summed E-state index contributed by atoms with van der Waals surface area (Å²) < 4.78 is 21.0. The third kappa shape index (κ3) is 11.6. The van der Waals surface area contributed by atoms with Crippen molar-refractivity contribution in [3.05, 3.63) is 0 Å². The molecule has 1 unspecified atom stereocenters. The number of guanidine groups is 1. The molecule has 11 nitrogen and oxygen atoms in total. The fourth-order valence-electron chi connectivity index (χ4n) is 2.35. The van der Waals surface area contributed by atoms with Crippen molar-refractivity contribution in [3.63, 3.8) is 0 Å². The first kappa shape index (κ1) is 25.6. The second-order valence-electron chi connectivity index (χ2n) is 8.79. The zero-order chi connectivity index (χ0) is 22.9. The monoisotopic (exact) mass is 430 g/mol. The number of rotatable bonds is 6. The quantitative estimate of drug-likeness (QED) is 0.428. The highest BCUT2D eigenvalue weighted by Gasteiger charge is 2.24. The topological polar surface area (TPSA) is 151 Å². The number of nitrogens with one attached hydrogen (secondary N) is 2. The number of aliphatic imine (C=N–C) groups is 1. The molecule has 0 bridgehead atoms. The fourth-order valence-corrected chi connectivity index (χ4v) is 2.35. The van der Waals surface area contributed by atoms with E-state index in [0.29, 0.717) is 26.1 Å². The number of hydrogen-bond donors (Lipinski definition) is 3. The predicted octanol–water partition coefficient (Wildman–Crippen LogP) is 1.65. The summed E-state index contributed by atoms with van der Waals surface area (Å²) in [7, 11) is 0. The lowest BCUT2D eigenvalue weighted by Gasteiger charge is -2.22. The van der Waals surface area contributed by atoms with Crippen molar-refractivity contribution in [2.24, 2.45) is 16.6 Å². The van der Waals surface area contributed by atoms with E-state index in [9.17, 15) is 14.4 Å². The SMILES string of the molecule is CC(C)(C)OC(=O)NC(=NCC(CCC1OCCO1)C(N)=O)NC(=O)OC(C)(C)C. The van der Waals surface area contributed by atoms with Gasteiger partial charge in [0, 0.05) is 0 Å². The van der Waals surface area contributed by atoms with Gasteiger partial charge >= 0.3 is 12.2 Å². The van der Waals surface area contributed by atoms with Crippen LogP contribution in [0.4, 0.5) is 9.59 Å². The normalized spacial score (nSPS) is 15.8. The minimum Gasteiger partial charge on any atom is -0.444 e. The average molecular weight is 431 g/mol. The van der Waals surface area contributed by atoms with Gasteiger partial charge in [0.05, 0.1) is 25.7 Å². The summed E-state index contributed by atoms with van der Waals surface area (Å²) >= 11 is 0. The molecule has 0 aromatic carbocycles. The molecule has 1 atom stereocenters. The third-order valence-electron chi connectivity index (χ3n) is 3.55. The largest absolute Gasteiger partial charge is 0.444 e. The van der Waals surface area contributed by atoms with Crippen LogP contribution in [0, 0.1) is 5.92 Å². The van der Waals surface area contributed by atoms with Gasteiger partial charge in [0.15, 0.2) is 6.29 Å². The number of alkyl carbamates (subject to hydrolysis) is 2. The van der Waals surface area contributed by atoms with Gasteiger partial charge < -0.3 is 24.7 Å². The molecule has 0 radical (unpaired) electrons. The lowest BCUT2D eigenvalue weighted by molar-refractivity contribution is -0.122. The summed E-state index contributed by atoms with van der Waals surface area (Å²) in [6.07, 6.45) is -1.18. The number of nitrogens with two attached hydrogens (primary N) is 1. The number of hydrogen-bond acceptors (Lipinski definition) is 8. The second kappa shape index (κ2) is 11.1. The molecule has 0 aromatic heterocycles. The van der Waals surface area contributed by atoms with E-state index in [1.807, 2.05) is 0 Å². The molecule has 1 heterocycles. The molecular formula is C19H34N4O7. The maximum atomic E-state index is 12.1. The first-order valence-corrected chi connectivity index (χ1v) is 9.82. The first-order chi connectivity index (χ1) is 13.7. The van der Waals surface area contributed by atoms with E-state index < -0.39 is 35.2 Å². The van der Waals surface area contributed by atoms with E-state index in [2.05, 4.69) is 15.6 Å². The number of carbonyl (C=O) groups is 3. The maximum absolute atomic E-state index is 12.1. The van der Waals surface area contributed by atoms with Crippen LogP contribution in [-0.4, -0.2) is 61.3 Å². The fraction of sp³-hybridized carbons (Fsp3) is 0.789. The van der Waals surface area contributed by atoms with Gasteiger partial charge in [0.25, 0.3) is 0 Å². The molecule has 172 valence electrons. The van der Waals surface area contributed by atoms with Crippen molar-refractivity contribution < 1.29 is 33.3 Å². The molecule has 1 rings (SSSR count). The van der Waals surface area contributed by atoms with Gasteiger partial charge in [-0.3, -0.25) is 20.4 Å². The summed E-state index contributed by atoms with van der Waals surface area (Å²) in [5, 5.41) is 4.71. The summed E-state index contributed by atoms with van der Waals surface area (Å²) in [6.45, 7) is 11.1. The van der Waals surface area contributed by atoms with Gasteiger partial charge in [0.2, 0.25) is 11.9 Å². The highest BCUT2D eigenvalue weighted by molar-refractivity contribution is 6.01. The van der Waals surface area contributed by atoms with Gasteiger partial charge in [-0.1, -0.05) is 0 Å². The summed E-state index contributed by atoms with van der Waals surface area (Å²) in [5.74, 6) is -1.42. The standard InChI is InChI=1S/C19H34N4O7/c1-18(2,3)29-16(25)22-15(23-17(26)30-19(4,5)6)21-11-12(14(20)24)7-8-13-27-9-10-28-13/h12-13H,7-11H2,1-6H3,(H2,20,24)(H2,21,22,23,25,26). The molecule has 4 N–H and O–H groups in total. The van der Waals surface area contributed by atoms with E-state index in [1.165, 1.54) is 0 Å². The first-order valence-electron chi connectivity index (χ1n) is 9.82. The predicted molar refractivity (Wildman–Crippen MR) is 109 cm³/mol. The van der Waals surface area contributed by atoms with Crippen molar-refractivity contribution >= 4 is 24.1 Å². The molecule has 0 aromatic rings. The molecule has 0 saturated carbocycles. The third-order valence-corrected chi connectivity index (χ3v) is 3.55. The Bertz CT molecular complexity index is 600. The molecule has 1 aliphatic rings. The number of ether oxygens (including phenoxy) is 4. The summed E-state index contributed by atoms with van der Waals surface area (Å²) in [5.41, 5.74) is 3.96. The van der Waals surface area contributed by atoms with Crippen LogP contribution >= 0.6 is 0 Å². The number of nitrogens with zero attached hydrogens (tertiary/aromatic N) is 1. The van der Waals surface area contributed by atoms with Gasteiger partial charge in [-0.15, -0.1) is 0 Å². The Morgan fingerprint density at radius 3 is 1.87 bits per heavy atom. The highest BCUT2D eigenvalue weighted by atomic mass is 16.7. The van der Waals surface area contributed by atoms with E-state index >= 15 is 0 Å². The molecule has 0 aliphatic carbocycles. The zero-order valence-corrected chi connectivity index (χ0v) is 18.6. The smallest absolute Gasteiger partial charge is 0.414 e. The Balaban J connectivity index is 2.81. The van der Waals surface area contributed by atoms with Gasteiger partial charge in [-0.25, -0.2) is 9.59 Å². The lowest BCUT2D eigenvalue weighted by Crippen LogP contribution is -2.47. The van der Waals surface area contributed by atoms with Gasteiger partial charge in [-0.2, -0.15) is 0 Å². The number of carbonyl (C=O) groups excluding carboxylic acids is 3. The van der Waals surface area contributed by atoms with Crippen molar-refractivity contribution in [2.45, 2.75) is 71.9 Å². The van der Waals surface area contributed by atoms with Crippen LogP contribution in [-0.2, 0) is 23.7 Å². The minimum atomic E-state index is -0.819. The van der Waals surface area contributed by atoms with Gasteiger partial charge in [-0.05, 0) is 54.4 Å². The van der Waals surface area contributed by atoms with Crippen molar-refractivity contribution in [2.75, 3.05) is 19.8 Å². The Hall–Kier alpha value is -2.40. The van der Waals surface area contributed by atoms with Crippen LogP contribution < -0.4 is 16.4 Å². The maximum Gasteiger partial charge on any atom is 0.414 e. The molecule has 30 heavy (non-hydrogen) atoms. The van der Waals surface area contributed by atoms with Crippen LogP contribution in [0.25, 0.3) is 0 Å². The Kier molecular flexibility index (Phi) is 9.50. The van der Waals surface area contributed by atoms with Crippen LogP contribution in [0.3, 0.4) is 0 Å². The van der Waals surface area contributed by atoms with E-state index in [0.717, 1.165) is 0 Å². The lowest BCUT2D eigenvalue weighted by atomic mass is 10.0. The van der Waals surface area contributed by atoms with Crippen LogP contribution in [0.15, 0.2) is 4.99 Å².